The van der Waals surface area contributed by atoms with E-state index in [2.05, 4.69) is 41.3 Å². The molecular formula is C20H30N4O2. The van der Waals surface area contributed by atoms with Gasteiger partial charge in [-0.1, -0.05) is 19.9 Å². The van der Waals surface area contributed by atoms with Crippen LogP contribution in [0.2, 0.25) is 0 Å². The van der Waals surface area contributed by atoms with Gasteiger partial charge in [-0.25, -0.2) is 9.97 Å². The third-order valence-corrected chi connectivity index (χ3v) is 4.87. The number of hydrogen-bond donors (Lipinski definition) is 0. The maximum absolute atomic E-state index is 5.74. The van der Waals surface area contributed by atoms with Crippen molar-refractivity contribution in [2.75, 3.05) is 26.9 Å². The van der Waals surface area contributed by atoms with Gasteiger partial charge in [0.1, 0.15) is 5.82 Å². The van der Waals surface area contributed by atoms with Crippen LogP contribution < -0.4 is 4.74 Å². The predicted molar refractivity (Wildman–Crippen MR) is 101 cm³/mol. The second-order valence-electron chi connectivity index (χ2n) is 7.30. The van der Waals surface area contributed by atoms with E-state index in [1.165, 1.54) is 5.69 Å². The number of methoxy groups -OCH3 is 1. The molecule has 0 spiro atoms. The van der Waals surface area contributed by atoms with E-state index in [0.717, 1.165) is 50.7 Å². The summed E-state index contributed by atoms with van der Waals surface area (Å²) in [5, 5.41) is 0. The zero-order valence-corrected chi connectivity index (χ0v) is 16.3. The van der Waals surface area contributed by atoms with Gasteiger partial charge in [-0.05, 0) is 18.9 Å². The van der Waals surface area contributed by atoms with Crippen molar-refractivity contribution in [3.05, 3.63) is 41.6 Å². The van der Waals surface area contributed by atoms with Crippen LogP contribution in [0, 0.1) is 5.92 Å². The molecule has 0 saturated heterocycles. The third-order valence-electron chi connectivity index (χ3n) is 4.87. The van der Waals surface area contributed by atoms with E-state index in [1.807, 2.05) is 12.3 Å². The second-order valence-corrected chi connectivity index (χ2v) is 7.30. The highest BCUT2D eigenvalue weighted by molar-refractivity contribution is 5.25. The Morgan fingerprint density at radius 3 is 2.88 bits per heavy atom. The lowest BCUT2D eigenvalue weighted by Gasteiger charge is -2.34. The molecule has 1 aliphatic heterocycles. The van der Waals surface area contributed by atoms with Gasteiger partial charge in [0.15, 0.2) is 0 Å². The Morgan fingerprint density at radius 1 is 1.27 bits per heavy atom. The average molecular weight is 358 g/mol. The molecule has 2 aromatic heterocycles. The molecule has 0 N–H and O–H groups in total. The van der Waals surface area contributed by atoms with Crippen LogP contribution in [0.3, 0.4) is 0 Å². The molecule has 0 aliphatic carbocycles. The molecule has 3 heterocycles. The summed E-state index contributed by atoms with van der Waals surface area (Å²) in [5.74, 6) is 2.42. The SMILES string of the molecule is COc1ncccc1CN1CCn2c(CCOCC(C)C)cnc2[C@H]1C. The van der Waals surface area contributed by atoms with E-state index in [-0.39, 0.29) is 6.04 Å². The number of hydrogen-bond acceptors (Lipinski definition) is 5. The van der Waals surface area contributed by atoms with Gasteiger partial charge in [-0.3, -0.25) is 4.90 Å². The van der Waals surface area contributed by atoms with E-state index < -0.39 is 0 Å². The van der Waals surface area contributed by atoms with Crippen LogP contribution in [-0.2, 0) is 24.2 Å². The molecule has 26 heavy (non-hydrogen) atoms. The van der Waals surface area contributed by atoms with Crippen LogP contribution in [0.15, 0.2) is 24.5 Å². The average Bonchev–Trinajstić information content (AvgIpc) is 3.05. The van der Waals surface area contributed by atoms with Crippen LogP contribution in [0.5, 0.6) is 5.88 Å². The van der Waals surface area contributed by atoms with Crippen molar-refractivity contribution < 1.29 is 9.47 Å². The van der Waals surface area contributed by atoms with Gasteiger partial charge in [0.05, 0.1) is 19.8 Å². The molecule has 3 rings (SSSR count). The number of aromatic nitrogens is 3. The van der Waals surface area contributed by atoms with Crippen LogP contribution in [0.25, 0.3) is 0 Å². The quantitative estimate of drug-likeness (QED) is 0.679. The Balaban J connectivity index is 1.64. The first-order chi connectivity index (χ1) is 12.6. The van der Waals surface area contributed by atoms with Gasteiger partial charge in [0.25, 0.3) is 0 Å². The lowest BCUT2D eigenvalue weighted by molar-refractivity contribution is 0.110. The van der Waals surface area contributed by atoms with Crippen LogP contribution in [-0.4, -0.2) is 46.3 Å². The molecule has 0 amide bonds. The van der Waals surface area contributed by atoms with Gasteiger partial charge in [-0.2, -0.15) is 0 Å². The van der Waals surface area contributed by atoms with Crippen molar-refractivity contribution in [2.24, 2.45) is 5.92 Å². The van der Waals surface area contributed by atoms with E-state index in [4.69, 9.17) is 14.5 Å². The number of fused-ring (bicyclic) bond motifs is 1. The minimum atomic E-state index is 0.263. The van der Waals surface area contributed by atoms with E-state index in [1.54, 1.807) is 13.3 Å². The first-order valence-electron chi connectivity index (χ1n) is 9.44. The molecule has 0 radical (unpaired) electrons. The van der Waals surface area contributed by atoms with Crippen LogP contribution in [0.1, 0.15) is 43.9 Å². The predicted octanol–water partition coefficient (Wildman–Crippen LogP) is 3.08. The van der Waals surface area contributed by atoms with E-state index >= 15 is 0 Å². The van der Waals surface area contributed by atoms with Gasteiger partial charge >= 0.3 is 0 Å². The van der Waals surface area contributed by atoms with Crippen molar-refractivity contribution in [3.63, 3.8) is 0 Å². The van der Waals surface area contributed by atoms with Gasteiger partial charge in [0, 0.05) is 56.3 Å². The van der Waals surface area contributed by atoms with Crippen molar-refractivity contribution in [1.29, 1.82) is 0 Å². The Bertz CT molecular complexity index is 714. The Morgan fingerprint density at radius 2 is 2.12 bits per heavy atom. The normalized spacial score (nSPS) is 17.5. The molecule has 6 heteroatoms. The first-order valence-corrected chi connectivity index (χ1v) is 9.44. The summed E-state index contributed by atoms with van der Waals surface area (Å²) in [5.41, 5.74) is 2.39. The molecule has 0 bridgehead atoms. The standard InChI is InChI=1S/C20H30N4O2/c1-15(2)14-26-11-7-18-12-22-19-16(3)23(9-10-24(18)19)13-17-6-5-8-21-20(17)25-4/h5-6,8,12,15-16H,7,9-11,13-14H2,1-4H3/t16-/m1/s1. The van der Waals surface area contributed by atoms with E-state index in [0.29, 0.717) is 11.8 Å². The Labute approximate surface area is 156 Å². The minimum absolute atomic E-state index is 0.263. The fourth-order valence-electron chi connectivity index (χ4n) is 3.46. The van der Waals surface area contributed by atoms with Gasteiger partial charge in [0.2, 0.25) is 5.88 Å². The van der Waals surface area contributed by atoms with E-state index in [9.17, 15) is 0 Å². The number of ether oxygens (including phenoxy) is 2. The maximum Gasteiger partial charge on any atom is 0.217 e. The summed E-state index contributed by atoms with van der Waals surface area (Å²) in [6.45, 7) is 10.9. The Kier molecular flexibility index (Phi) is 6.27. The lowest BCUT2D eigenvalue weighted by atomic mass is 10.1. The van der Waals surface area contributed by atoms with Gasteiger partial charge < -0.3 is 14.0 Å². The number of imidazole rings is 1. The molecule has 0 aromatic carbocycles. The highest BCUT2D eigenvalue weighted by Crippen LogP contribution is 2.28. The molecule has 0 fully saturated rings. The molecule has 142 valence electrons. The third kappa shape index (κ3) is 4.24. The molecule has 0 saturated carbocycles. The van der Waals surface area contributed by atoms with Crippen molar-refractivity contribution in [3.8, 4) is 5.88 Å². The number of pyridine rings is 1. The topological polar surface area (TPSA) is 52.4 Å². The first kappa shape index (κ1) is 18.9. The summed E-state index contributed by atoms with van der Waals surface area (Å²) in [6, 6.07) is 4.30. The monoisotopic (exact) mass is 358 g/mol. The molecule has 6 nitrogen and oxygen atoms in total. The molecule has 2 aromatic rings. The molecule has 1 atom stereocenters. The van der Waals surface area contributed by atoms with Gasteiger partial charge in [-0.15, -0.1) is 0 Å². The van der Waals surface area contributed by atoms with Crippen LogP contribution in [0.4, 0.5) is 0 Å². The number of nitrogens with zero attached hydrogens (tertiary/aromatic N) is 4. The van der Waals surface area contributed by atoms with Crippen LogP contribution >= 0.6 is 0 Å². The zero-order chi connectivity index (χ0) is 18.5. The lowest BCUT2D eigenvalue weighted by Crippen LogP contribution is -2.37. The summed E-state index contributed by atoms with van der Waals surface area (Å²) < 4.78 is 13.5. The second kappa shape index (κ2) is 8.64. The van der Waals surface area contributed by atoms with Crippen molar-refractivity contribution in [2.45, 2.75) is 46.3 Å². The van der Waals surface area contributed by atoms with Crippen molar-refractivity contribution in [1.82, 2.24) is 19.4 Å². The molecular weight excluding hydrogens is 328 g/mol. The Hall–Kier alpha value is -1.92. The molecule has 0 unspecified atom stereocenters. The summed E-state index contributed by atoms with van der Waals surface area (Å²) in [4.78, 5) is 11.4. The smallest absolute Gasteiger partial charge is 0.217 e. The summed E-state index contributed by atoms with van der Waals surface area (Å²) >= 11 is 0. The highest BCUT2D eigenvalue weighted by atomic mass is 16.5. The fourth-order valence-corrected chi connectivity index (χ4v) is 3.46. The maximum atomic E-state index is 5.74. The highest BCUT2D eigenvalue weighted by Gasteiger charge is 2.27. The summed E-state index contributed by atoms with van der Waals surface area (Å²) in [7, 11) is 1.67. The number of rotatable bonds is 8. The molecule has 1 aliphatic rings. The fraction of sp³-hybridized carbons (Fsp3) is 0.600. The summed E-state index contributed by atoms with van der Waals surface area (Å²) in [6.07, 6.45) is 4.70. The largest absolute Gasteiger partial charge is 0.481 e. The zero-order valence-electron chi connectivity index (χ0n) is 16.3. The minimum Gasteiger partial charge on any atom is -0.481 e. The van der Waals surface area contributed by atoms with Crippen molar-refractivity contribution >= 4 is 0 Å².